The number of rotatable bonds is 3. The van der Waals surface area contributed by atoms with E-state index in [4.69, 9.17) is 13.9 Å². The van der Waals surface area contributed by atoms with Gasteiger partial charge in [0.1, 0.15) is 5.82 Å². The van der Waals surface area contributed by atoms with Crippen LogP contribution in [0.15, 0.2) is 46.9 Å². The molecule has 1 fully saturated rings. The normalized spacial score (nSPS) is 16.2. The molecule has 1 aromatic heterocycles. The van der Waals surface area contributed by atoms with Crippen molar-refractivity contribution in [2.45, 2.75) is 18.8 Å². The molecule has 0 unspecified atom stereocenters. The van der Waals surface area contributed by atoms with E-state index in [2.05, 4.69) is 10.2 Å². The highest BCUT2D eigenvalue weighted by atomic mass is 19.1. The Labute approximate surface area is 166 Å². The zero-order valence-corrected chi connectivity index (χ0v) is 15.5. The van der Waals surface area contributed by atoms with Gasteiger partial charge in [-0.1, -0.05) is 0 Å². The van der Waals surface area contributed by atoms with Gasteiger partial charge in [0, 0.05) is 30.1 Å². The van der Waals surface area contributed by atoms with Crippen LogP contribution in [-0.2, 0) is 0 Å². The molecule has 0 saturated carbocycles. The molecular formula is C21H18FN3O4. The summed E-state index contributed by atoms with van der Waals surface area (Å²) in [7, 11) is 0. The zero-order valence-electron chi connectivity index (χ0n) is 15.5. The summed E-state index contributed by atoms with van der Waals surface area (Å²) in [5.41, 5.74) is 1.27. The van der Waals surface area contributed by atoms with Crippen LogP contribution in [0.3, 0.4) is 0 Å². The first-order valence-electron chi connectivity index (χ1n) is 9.45. The highest BCUT2D eigenvalue weighted by Crippen LogP contribution is 2.34. The predicted molar refractivity (Wildman–Crippen MR) is 100 cm³/mol. The van der Waals surface area contributed by atoms with Crippen molar-refractivity contribution < 1.29 is 23.1 Å². The maximum absolute atomic E-state index is 13.1. The Kier molecular flexibility index (Phi) is 4.38. The Bertz CT molecular complexity index is 1040. The van der Waals surface area contributed by atoms with E-state index in [1.165, 1.54) is 12.1 Å². The van der Waals surface area contributed by atoms with Gasteiger partial charge >= 0.3 is 0 Å². The molecule has 2 aliphatic rings. The maximum atomic E-state index is 13.1. The molecule has 7 nitrogen and oxygen atoms in total. The molecule has 2 aliphatic heterocycles. The van der Waals surface area contributed by atoms with E-state index < -0.39 is 0 Å². The van der Waals surface area contributed by atoms with E-state index in [1.807, 2.05) is 4.90 Å². The number of benzene rings is 2. The molecular weight excluding hydrogens is 377 g/mol. The number of ether oxygens (including phenoxy) is 2. The van der Waals surface area contributed by atoms with E-state index in [0.717, 1.165) is 12.8 Å². The van der Waals surface area contributed by atoms with Gasteiger partial charge < -0.3 is 18.8 Å². The summed E-state index contributed by atoms with van der Waals surface area (Å²) < 4.78 is 29.5. The van der Waals surface area contributed by atoms with Crippen molar-refractivity contribution in [3.8, 4) is 23.0 Å². The summed E-state index contributed by atoms with van der Waals surface area (Å²) in [6, 6.07) is 11.2. The zero-order chi connectivity index (χ0) is 19.8. The third-order valence-corrected chi connectivity index (χ3v) is 5.28. The number of piperidine rings is 1. The van der Waals surface area contributed by atoms with Crippen LogP contribution in [-0.4, -0.2) is 40.9 Å². The number of nitrogens with zero attached hydrogens (tertiary/aromatic N) is 3. The van der Waals surface area contributed by atoms with Crippen molar-refractivity contribution in [2.75, 3.05) is 19.9 Å². The van der Waals surface area contributed by atoms with Gasteiger partial charge in [-0.05, 0) is 55.3 Å². The van der Waals surface area contributed by atoms with E-state index >= 15 is 0 Å². The van der Waals surface area contributed by atoms with Crippen molar-refractivity contribution in [1.82, 2.24) is 15.1 Å². The smallest absolute Gasteiger partial charge is 0.253 e. The molecule has 3 aromatic rings. The third kappa shape index (κ3) is 3.41. The summed E-state index contributed by atoms with van der Waals surface area (Å²) >= 11 is 0. The number of fused-ring (bicyclic) bond motifs is 1. The van der Waals surface area contributed by atoms with E-state index in [-0.39, 0.29) is 24.4 Å². The number of hydrogen-bond donors (Lipinski definition) is 0. The standard InChI is InChI=1S/C21H18FN3O4/c22-16-4-1-13(2-5-16)19-23-24-20(29-19)14-7-9-25(10-8-14)21(26)15-3-6-17-18(11-15)28-12-27-17/h1-6,11,14H,7-10,12H2. The average Bonchev–Trinajstić information content (AvgIpc) is 3.43. The third-order valence-electron chi connectivity index (χ3n) is 5.28. The minimum Gasteiger partial charge on any atom is -0.454 e. The van der Waals surface area contributed by atoms with Crippen molar-refractivity contribution in [3.63, 3.8) is 0 Å². The van der Waals surface area contributed by atoms with Gasteiger partial charge in [-0.15, -0.1) is 10.2 Å². The van der Waals surface area contributed by atoms with Gasteiger partial charge in [-0.2, -0.15) is 0 Å². The van der Waals surface area contributed by atoms with E-state index in [0.29, 0.717) is 47.5 Å². The molecule has 0 atom stereocenters. The lowest BCUT2D eigenvalue weighted by atomic mass is 9.96. The number of amides is 1. The number of likely N-dealkylation sites (tertiary alicyclic amines) is 1. The van der Waals surface area contributed by atoms with Crippen molar-refractivity contribution in [3.05, 3.63) is 59.7 Å². The Balaban J connectivity index is 1.24. The van der Waals surface area contributed by atoms with Crippen LogP contribution in [0.25, 0.3) is 11.5 Å². The van der Waals surface area contributed by atoms with Crippen molar-refractivity contribution in [1.29, 1.82) is 0 Å². The molecule has 1 amide bonds. The first-order valence-corrected chi connectivity index (χ1v) is 9.45. The number of aromatic nitrogens is 2. The van der Waals surface area contributed by atoms with Crippen LogP contribution in [0.4, 0.5) is 4.39 Å². The summed E-state index contributed by atoms with van der Waals surface area (Å²) in [5, 5.41) is 8.24. The van der Waals surface area contributed by atoms with Crippen LogP contribution in [0.1, 0.15) is 35.0 Å². The SMILES string of the molecule is O=C(c1ccc2c(c1)OCO2)N1CCC(c2nnc(-c3ccc(F)cc3)o2)CC1. The lowest BCUT2D eigenvalue weighted by Crippen LogP contribution is -2.38. The van der Waals surface area contributed by atoms with Gasteiger partial charge in [-0.3, -0.25) is 4.79 Å². The minimum atomic E-state index is -0.312. The number of hydrogen-bond acceptors (Lipinski definition) is 6. The van der Waals surface area contributed by atoms with Crippen LogP contribution < -0.4 is 9.47 Å². The van der Waals surface area contributed by atoms with E-state index in [1.54, 1.807) is 30.3 Å². The Hall–Kier alpha value is -3.42. The van der Waals surface area contributed by atoms with Crippen LogP contribution >= 0.6 is 0 Å². The lowest BCUT2D eigenvalue weighted by Gasteiger charge is -2.30. The molecule has 0 aliphatic carbocycles. The van der Waals surface area contributed by atoms with E-state index in [9.17, 15) is 9.18 Å². The van der Waals surface area contributed by atoms with Crippen LogP contribution in [0.2, 0.25) is 0 Å². The summed E-state index contributed by atoms with van der Waals surface area (Å²) in [5.74, 6) is 1.95. The Morgan fingerprint density at radius 2 is 1.76 bits per heavy atom. The van der Waals surface area contributed by atoms with Gasteiger partial charge in [-0.25, -0.2) is 4.39 Å². The summed E-state index contributed by atoms with van der Waals surface area (Å²) in [6.07, 6.45) is 1.47. The Morgan fingerprint density at radius 3 is 2.55 bits per heavy atom. The molecule has 148 valence electrons. The van der Waals surface area contributed by atoms with Gasteiger partial charge in [0.2, 0.25) is 18.6 Å². The van der Waals surface area contributed by atoms with Crippen molar-refractivity contribution >= 4 is 5.91 Å². The van der Waals surface area contributed by atoms with Crippen LogP contribution in [0.5, 0.6) is 11.5 Å². The second-order valence-electron chi connectivity index (χ2n) is 7.09. The largest absolute Gasteiger partial charge is 0.454 e. The molecule has 3 heterocycles. The molecule has 8 heteroatoms. The molecule has 2 aromatic carbocycles. The summed E-state index contributed by atoms with van der Waals surface area (Å²) in [4.78, 5) is 14.6. The monoisotopic (exact) mass is 395 g/mol. The highest BCUT2D eigenvalue weighted by Gasteiger charge is 2.28. The number of carbonyl (C=O) groups is 1. The predicted octanol–water partition coefficient (Wildman–Crippen LogP) is 3.62. The number of halogens is 1. The molecule has 29 heavy (non-hydrogen) atoms. The van der Waals surface area contributed by atoms with Gasteiger partial charge in [0.05, 0.1) is 0 Å². The quantitative estimate of drug-likeness (QED) is 0.674. The second-order valence-corrected chi connectivity index (χ2v) is 7.09. The fourth-order valence-electron chi connectivity index (χ4n) is 3.65. The fourth-order valence-corrected chi connectivity index (χ4v) is 3.65. The summed E-state index contributed by atoms with van der Waals surface area (Å²) in [6.45, 7) is 1.39. The second kappa shape index (κ2) is 7.20. The fraction of sp³-hybridized carbons (Fsp3) is 0.286. The molecule has 0 bridgehead atoms. The van der Waals surface area contributed by atoms with Crippen molar-refractivity contribution in [2.24, 2.45) is 0 Å². The lowest BCUT2D eigenvalue weighted by molar-refractivity contribution is 0.0706. The molecule has 0 radical (unpaired) electrons. The van der Waals surface area contributed by atoms with Gasteiger partial charge in [0.25, 0.3) is 5.91 Å². The van der Waals surface area contributed by atoms with Gasteiger partial charge in [0.15, 0.2) is 11.5 Å². The number of carbonyl (C=O) groups excluding carboxylic acids is 1. The van der Waals surface area contributed by atoms with Crippen LogP contribution in [0, 0.1) is 5.82 Å². The Morgan fingerprint density at radius 1 is 1.00 bits per heavy atom. The topological polar surface area (TPSA) is 77.7 Å². The molecule has 0 spiro atoms. The first kappa shape index (κ1) is 17.7. The first-order chi connectivity index (χ1) is 14.2. The molecule has 0 N–H and O–H groups in total. The minimum absolute atomic E-state index is 0.0284. The molecule has 1 saturated heterocycles. The maximum Gasteiger partial charge on any atom is 0.253 e. The molecule has 5 rings (SSSR count). The average molecular weight is 395 g/mol. The highest BCUT2D eigenvalue weighted by molar-refractivity contribution is 5.95.